The molecule has 15 heavy (non-hydrogen) atoms. The third kappa shape index (κ3) is 1.67. The first-order valence-corrected chi connectivity index (χ1v) is 4.40. The zero-order valence-corrected chi connectivity index (χ0v) is 7.82. The minimum atomic E-state index is -0.871. The fraction of sp³-hybridized carbons (Fsp3) is 0.0909. The highest BCUT2D eigenvalue weighted by molar-refractivity contribution is 5.89. The smallest absolute Gasteiger partial charge is 0.307 e. The Balaban J connectivity index is 2.57. The first-order chi connectivity index (χ1) is 7.20. The van der Waals surface area contributed by atoms with E-state index in [0.29, 0.717) is 11.3 Å². The number of aromatic amines is 1. The summed E-state index contributed by atoms with van der Waals surface area (Å²) in [5.41, 5.74) is 2.09. The largest absolute Gasteiger partial charge is 0.481 e. The SMILES string of the molecule is [C-]#[N+]c1ccc2[nH]cc(CC(=O)O)c2c1. The molecule has 0 aliphatic carbocycles. The average Bonchev–Trinajstić information content (AvgIpc) is 2.60. The van der Waals surface area contributed by atoms with Gasteiger partial charge in [-0.2, -0.15) is 0 Å². The van der Waals surface area contributed by atoms with Gasteiger partial charge in [0.1, 0.15) is 0 Å². The Hall–Kier alpha value is -2.28. The lowest BCUT2D eigenvalue weighted by Gasteiger charge is -1.95. The number of fused-ring (bicyclic) bond motifs is 1. The molecule has 2 rings (SSSR count). The van der Waals surface area contributed by atoms with Crippen LogP contribution < -0.4 is 0 Å². The molecule has 0 bridgehead atoms. The molecule has 4 nitrogen and oxygen atoms in total. The molecule has 0 unspecified atom stereocenters. The average molecular weight is 200 g/mol. The van der Waals surface area contributed by atoms with Gasteiger partial charge in [0.25, 0.3) is 0 Å². The lowest BCUT2D eigenvalue weighted by molar-refractivity contribution is -0.136. The van der Waals surface area contributed by atoms with Crippen LogP contribution in [0.4, 0.5) is 5.69 Å². The molecule has 0 amide bonds. The van der Waals surface area contributed by atoms with Crippen LogP contribution >= 0.6 is 0 Å². The number of H-pyrrole nitrogens is 1. The van der Waals surface area contributed by atoms with Crippen LogP contribution in [0.1, 0.15) is 5.56 Å². The third-order valence-corrected chi connectivity index (χ3v) is 2.22. The highest BCUT2D eigenvalue weighted by Crippen LogP contribution is 2.24. The maximum absolute atomic E-state index is 10.6. The highest BCUT2D eigenvalue weighted by atomic mass is 16.4. The molecule has 1 aromatic carbocycles. The molecule has 2 aromatic rings. The predicted octanol–water partition coefficient (Wildman–Crippen LogP) is 2.35. The summed E-state index contributed by atoms with van der Waals surface area (Å²) in [6, 6.07) is 5.20. The fourth-order valence-electron chi connectivity index (χ4n) is 1.55. The Bertz CT molecular complexity index is 563. The van der Waals surface area contributed by atoms with E-state index < -0.39 is 5.97 Å². The molecule has 0 radical (unpaired) electrons. The van der Waals surface area contributed by atoms with E-state index in [1.54, 1.807) is 24.4 Å². The maximum Gasteiger partial charge on any atom is 0.307 e. The van der Waals surface area contributed by atoms with Crippen LogP contribution in [0, 0.1) is 6.57 Å². The Kier molecular flexibility index (Phi) is 2.14. The summed E-state index contributed by atoms with van der Waals surface area (Å²) < 4.78 is 0. The Morgan fingerprint density at radius 3 is 3.00 bits per heavy atom. The Morgan fingerprint density at radius 1 is 1.53 bits per heavy atom. The van der Waals surface area contributed by atoms with Gasteiger partial charge in [-0.05, 0) is 23.1 Å². The highest BCUT2D eigenvalue weighted by Gasteiger charge is 2.07. The molecule has 1 heterocycles. The van der Waals surface area contributed by atoms with Gasteiger partial charge in [-0.15, -0.1) is 0 Å². The zero-order chi connectivity index (χ0) is 10.8. The topological polar surface area (TPSA) is 57.5 Å². The molecule has 1 aromatic heterocycles. The monoisotopic (exact) mass is 200 g/mol. The Labute approximate surface area is 86.0 Å². The van der Waals surface area contributed by atoms with Gasteiger partial charge in [0.2, 0.25) is 0 Å². The van der Waals surface area contributed by atoms with Gasteiger partial charge in [-0.1, -0.05) is 6.07 Å². The second-order valence-electron chi connectivity index (χ2n) is 3.23. The van der Waals surface area contributed by atoms with Gasteiger partial charge in [-0.3, -0.25) is 4.79 Å². The van der Waals surface area contributed by atoms with E-state index in [9.17, 15) is 4.79 Å². The first kappa shape index (κ1) is 9.28. The van der Waals surface area contributed by atoms with Crippen molar-refractivity contribution in [2.24, 2.45) is 0 Å². The number of carboxylic acids is 1. The van der Waals surface area contributed by atoms with Crippen molar-refractivity contribution in [1.82, 2.24) is 4.98 Å². The normalized spacial score (nSPS) is 10.1. The summed E-state index contributed by atoms with van der Waals surface area (Å²) in [6.45, 7) is 6.88. The van der Waals surface area contributed by atoms with E-state index in [0.717, 1.165) is 10.9 Å². The third-order valence-electron chi connectivity index (χ3n) is 2.22. The Morgan fingerprint density at radius 2 is 2.33 bits per heavy atom. The maximum atomic E-state index is 10.6. The number of carboxylic acid groups (broad SMARTS) is 1. The van der Waals surface area contributed by atoms with Crippen LogP contribution in [0.15, 0.2) is 24.4 Å². The summed E-state index contributed by atoms with van der Waals surface area (Å²) >= 11 is 0. The fourth-order valence-corrected chi connectivity index (χ4v) is 1.55. The lowest BCUT2D eigenvalue weighted by Crippen LogP contribution is -1.98. The molecule has 0 aliphatic rings. The first-order valence-electron chi connectivity index (χ1n) is 4.40. The molecular formula is C11H8N2O2. The summed E-state index contributed by atoms with van der Waals surface area (Å²) in [6.07, 6.45) is 1.65. The molecule has 4 heteroatoms. The molecule has 2 N–H and O–H groups in total. The van der Waals surface area contributed by atoms with Crippen molar-refractivity contribution in [3.05, 3.63) is 41.4 Å². The molecule has 0 aliphatic heterocycles. The van der Waals surface area contributed by atoms with Crippen molar-refractivity contribution in [3.63, 3.8) is 0 Å². The molecule has 74 valence electrons. The van der Waals surface area contributed by atoms with Gasteiger partial charge in [0, 0.05) is 11.7 Å². The van der Waals surface area contributed by atoms with E-state index >= 15 is 0 Å². The molecule has 0 spiro atoms. The van der Waals surface area contributed by atoms with E-state index in [-0.39, 0.29) is 6.42 Å². The quantitative estimate of drug-likeness (QED) is 0.731. The van der Waals surface area contributed by atoms with E-state index in [2.05, 4.69) is 9.83 Å². The number of aliphatic carboxylic acids is 1. The van der Waals surface area contributed by atoms with Crippen molar-refractivity contribution < 1.29 is 9.90 Å². The molecule has 0 saturated carbocycles. The van der Waals surface area contributed by atoms with Gasteiger partial charge in [0.15, 0.2) is 5.69 Å². The summed E-state index contributed by atoms with van der Waals surface area (Å²) in [5.74, 6) is -0.871. The lowest BCUT2D eigenvalue weighted by atomic mass is 10.1. The zero-order valence-electron chi connectivity index (χ0n) is 7.82. The van der Waals surface area contributed by atoms with Crippen molar-refractivity contribution >= 4 is 22.6 Å². The summed E-state index contributed by atoms with van der Waals surface area (Å²) in [7, 11) is 0. The number of rotatable bonds is 2. The molecule has 0 fully saturated rings. The number of nitrogens with zero attached hydrogens (tertiary/aromatic N) is 1. The van der Waals surface area contributed by atoms with Gasteiger partial charge in [-0.25, -0.2) is 4.85 Å². The van der Waals surface area contributed by atoms with E-state index in [1.807, 2.05) is 0 Å². The van der Waals surface area contributed by atoms with Gasteiger partial charge in [0.05, 0.1) is 13.0 Å². The van der Waals surface area contributed by atoms with Gasteiger partial charge < -0.3 is 10.1 Å². The molecule has 0 saturated heterocycles. The van der Waals surface area contributed by atoms with Crippen LogP contribution in [0.5, 0.6) is 0 Å². The van der Waals surface area contributed by atoms with E-state index in [4.69, 9.17) is 11.7 Å². The molecular weight excluding hydrogens is 192 g/mol. The number of hydrogen-bond donors (Lipinski definition) is 2. The second kappa shape index (κ2) is 3.46. The number of aromatic nitrogens is 1. The van der Waals surface area contributed by atoms with E-state index in [1.165, 1.54) is 0 Å². The number of hydrogen-bond acceptors (Lipinski definition) is 1. The van der Waals surface area contributed by atoms with Crippen molar-refractivity contribution in [3.8, 4) is 0 Å². The number of nitrogens with one attached hydrogen (secondary N) is 1. The number of benzene rings is 1. The predicted molar refractivity (Wildman–Crippen MR) is 55.9 cm³/mol. The minimum absolute atomic E-state index is 0.0263. The standard InChI is InChI=1S/C11H8N2O2/c1-12-8-2-3-10-9(5-8)7(6-13-10)4-11(14)15/h2-3,5-6,13H,4H2,(H,14,15). The van der Waals surface area contributed by atoms with Gasteiger partial charge >= 0.3 is 5.97 Å². The van der Waals surface area contributed by atoms with Crippen LogP contribution in [-0.4, -0.2) is 16.1 Å². The summed E-state index contributed by atoms with van der Waals surface area (Å²) in [4.78, 5) is 16.9. The van der Waals surface area contributed by atoms with Crippen LogP contribution in [0.25, 0.3) is 15.7 Å². The van der Waals surface area contributed by atoms with Crippen LogP contribution in [0.2, 0.25) is 0 Å². The minimum Gasteiger partial charge on any atom is -0.481 e. The molecule has 0 atom stereocenters. The van der Waals surface area contributed by atoms with Crippen molar-refractivity contribution in [2.75, 3.05) is 0 Å². The van der Waals surface area contributed by atoms with Crippen molar-refractivity contribution in [2.45, 2.75) is 6.42 Å². The van der Waals surface area contributed by atoms with Crippen LogP contribution in [-0.2, 0) is 11.2 Å². The van der Waals surface area contributed by atoms with Crippen LogP contribution in [0.3, 0.4) is 0 Å². The number of carbonyl (C=O) groups is 1. The second-order valence-corrected chi connectivity index (χ2v) is 3.23. The van der Waals surface area contributed by atoms with Crippen molar-refractivity contribution in [1.29, 1.82) is 0 Å². The summed E-state index contributed by atoms with van der Waals surface area (Å²) in [5, 5.41) is 9.51.